The number of piperidine rings is 1. The van der Waals surface area contributed by atoms with E-state index in [1.807, 2.05) is 26.0 Å². The van der Waals surface area contributed by atoms with Gasteiger partial charge in [-0.3, -0.25) is 14.6 Å². The maximum absolute atomic E-state index is 13.0. The van der Waals surface area contributed by atoms with Crippen LogP contribution in [-0.4, -0.2) is 46.3 Å². The monoisotopic (exact) mass is 372 g/mol. The second kappa shape index (κ2) is 8.40. The minimum atomic E-state index is -0.120. The van der Waals surface area contributed by atoms with E-state index < -0.39 is 0 Å². The molecule has 0 radical (unpaired) electrons. The third kappa shape index (κ3) is 4.09. The van der Waals surface area contributed by atoms with Crippen molar-refractivity contribution in [3.63, 3.8) is 0 Å². The number of amides is 2. The molecule has 1 unspecified atom stereocenters. The van der Waals surface area contributed by atoms with Gasteiger partial charge in [-0.25, -0.2) is 4.98 Å². The van der Waals surface area contributed by atoms with Crippen molar-refractivity contribution < 1.29 is 9.59 Å². The van der Waals surface area contributed by atoms with Gasteiger partial charge in [0.1, 0.15) is 9.88 Å². The van der Waals surface area contributed by atoms with Gasteiger partial charge in [-0.15, -0.1) is 11.3 Å². The Morgan fingerprint density at radius 1 is 1.42 bits per heavy atom. The van der Waals surface area contributed by atoms with E-state index in [1.54, 1.807) is 17.3 Å². The van der Waals surface area contributed by atoms with Gasteiger partial charge < -0.3 is 10.2 Å². The van der Waals surface area contributed by atoms with E-state index in [1.165, 1.54) is 11.3 Å². The van der Waals surface area contributed by atoms with Gasteiger partial charge in [0.15, 0.2) is 0 Å². The van der Waals surface area contributed by atoms with Crippen molar-refractivity contribution in [2.24, 2.45) is 5.92 Å². The summed E-state index contributed by atoms with van der Waals surface area (Å²) in [6, 6.07) is 3.80. The molecular formula is C19H24N4O2S. The molecule has 0 bridgehead atoms. The first-order chi connectivity index (χ1) is 12.6. The summed E-state index contributed by atoms with van der Waals surface area (Å²) in [5, 5.41) is 3.74. The smallest absolute Gasteiger partial charge is 0.265 e. The maximum Gasteiger partial charge on any atom is 0.265 e. The fraction of sp³-hybridized carbons (Fsp3) is 0.474. The van der Waals surface area contributed by atoms with Gasteiger partial charge >= 0.3 is 0 Å². The van der Waals surface area contributed by atoms with Crippen LogP contribution < -0.4 is 5.32 Å². The number of aryl methyl sites for hydroxylation is 1. The highest BCUT2D eigenvalue weighted by Crippen LogP contribution is 2.29. The van der Waals surface area contributed by atoms with Gasteiger partial charge in [0.25, 0.3) is 5.91 Å². The topological polar surface area (TPSA) is 75.2 Å². The van der Waals surface area contributed by atoms with Gasteiger partial charge in [-0.05, 0) is 38.3 Å². The molecule has 1 aliphatic heterocycles. The van der Waals surface area contributed by atoms with Crippen LogP contribution >= 0.6 is 11.3 Å². The number of carbonyl (C=O) groups excluding carboxylic acids is 2. The first kappa shape index (κ1) is 18.5. The van der Waals surface area contributed by atoms with Crippen LogP contribution in [-0.2, 0) is 4.79 Å². The molecule has 0 spiro atoms. The number of pyridine rings is 1. The Kier molecular flexibility index (Phi) is 5.98. The number of aromatic nitrogens is 2. The Bertz CT molecular complexity index is 775. The highest BCUT2D eigenvalue weighted by molar-refractivity contribution is 7.17. The van der Waals surface area contributed by atoms with Crippen molar-refractivity contribution in [3.05, 3.63) is 35.1 Å². The molecule has 0 aliphatic carbocycles. The Morgan fingerprint density at radius 2 is 2.27 bits per heavy atom. The van der Waals surface area contributed by atoms with Crippen molar-refractivity contribution in [2.45, 2.75) is 33.1 Å². The number of hydrogen-bond donors (Lipinski definition) is 1. The number of likely N-dealkylation sites (tertiary alicyclic amines) is 1. The number of hydrogen-bond acceptors (Lipinski definition) is 5. The first-order valence-corrected chi connectivity index (χ1v) is 9.86. The molecule has 3 heterocycles. The van der Waals surface area contributed by atoms with Gasteiger partial charge in [0.05, 0.1) is 11.6 Å². The zero-order valence-electron chi connectivity index (χ0n) is 15.2. The molecule has 2 aromatic rings. The number of nitrogens with zero attached hydrogens (tertiary/aromatic N) is 3. The number of thiazole rings is 1. The van der Waals surface area contributed by atoms with Gasteiger partial charge in [0, 0.05) is 37.6 Å². The largest absolute Gasteiger partial charge is 0.356 e. The van der Waals surface area contributed by atoms with Crippen molar-refractivity contribution in [3.8, 4) is 10.6 Å². The fourth-order valence-electron chi connectivity index (χ4n) is 3.12. The Balaban J connectivity index is 1.73. The molecule has 1 fully saturated rings. The number of carbonyl (C=O) groups is 2. The fourth-order valence-corrected chi connectivity index (χ4v) is 4.14. The predicted molar refractivity (Wildman–Crippen MR) is 102 cm³/mol. The molecule has 7 heteroatoms. The molecule has 0 saturated carbocycles. The number of nitrogens with one attached hydrogen (secondary N) is 1. The van der Waals surface area contributed by atoms with Crippen LogP contribution in [0.2, 0.25) is 0 Å². The van der Waals surface area contributed by atoms with E-state index in [4.69, 9.17) is 0 Å². The molecule has 138 valence electrons. The second-order valence-electron chi connectivity index (χ2n) is 6.56. The van der Waals surface area contributed by atoms with Crippen molar-refractivity contribution in [2.75, 3.05) is 19.6 Å². The van der Waals surface area contributed by atoms with Crippen LogP contribution in [0, 0.1) is 12.8 Å². The molecule has 6 nitrogen and oxygen atoms in total. The van der Waals surface area contributed by atoms with Crippen LogP contribution in [0.3, 0.4) is 0 Å². The summed E-state index contributed by atoms with van der Waals surface area (Å²) < 4.78 is 0. The van der Waals surface area contributed by atoms with Crippen LogP contribution in [0.25, 0.3) is 10.6 Å². The molecule has 1 atom stereocenters. The summed E-state index contributed by atoms with van der Waals surface area (Å²) in [5.41, 5.74) is 1.64. The summed E-state index contributed by atoms with van der Waals surface area (Å²) in [4.78, 5) is 36.4. The van der Waals surface area contributed by atoms with E-state index in [9.17, 15) is 9.59 Å². The van der Waals surface area contributed by atoms with E-state index >= 15 is 0 Å². The lowest BCUT2D eigenvalue weighted by molar-refractivity contribution is -0.126. The molecule has 2 aromatic heterocycles. The Hall–Kier alpha value is -2.28. The van der Waals surface area contributed by atoms with Crippen molar-refractivity contribution in [1.82, 2.24) is 20.2 Å². The number of rotatable bonds is 5. The molecule has 0 aromatic carbocycles. The standard InChI is InChI=1S/C19H24N4O2S/c1-3-8-21-17(24)15-7-5-10-23(12-15)19(25)16-13(2)22-18(26-16)14-6-4-9-20-11-14/h4,6,9,11,15H,3,5,7-8,10,12H2,1-2H3,(H,21,24). The quantitative estimate of drug-likeness (QED) is 0.876. The summed E-state index contributed by atoms with van der Waals surface area (Å²) in [6.07, 6.45) is 6.07. The summed E-state index contributed by atoms with van der Waals surface area (Å²) in [6.45, 7) is 5.75. The Labute approximate surface area is 157 Å². The zero-order valence-corrected chi connectivity index (χ0v) is 16.0. The van der Waals surface area contributed by atoms with Gasteiger partial charge in [-0.1, -0.05) is 6.92 Å². The summed E-state index contributed by atoms with van der Waals surface area (Å²) >= 11 is 1.39. The van der Waals surface area contributed by atoms with E-state index in [0.717, 1.165) is 35.5 Å². The first-order valence-electron chi connectivity index (χ1n) is 9.05. The summed E-state index contributed by atoms with van der Waals surface area (Å²) in [7, 11) is 0. The molecule has 3 rings (SSSR count). The average molecular weight is 372 g/mol. The lowest BCUT2D eigenvalue weighted by Crippen LogP contribution is -2.45. The third-order valence-corrected chi connectivity index (χ3v) is 5.72. The lowest BCUT2D eigenvalue weighted by atomic mass is 9.97. The maximum atomic E-state index is 13.0. The summed E-state index contributed by atoms with van der Waals surface area (Å²) in [5.74, 6) is -0.0881. The van der Waals surface area contributed by atoms with Gasteiger partial charge in [-0.2, -0.15) is 0 Å². The second-order valence-corrected chi connectivity index (χ2v) is 7.56. The minimum absolute atomic E-state index is 0.0249. The average Bonchev–Trinajstić information content (AvgIpc) is 3.08. The van der Waals surface area contributed by atoms with Crippen molar-refractivity contribution in [1.29, 1.82) is 0 Å². The third-order valence-electron chi connectivity index (χ3n) is 4.53. The van der Waals surface area contributed by atoms with Crippen LogP contribution in [0.5, 0.6) is 0 Å². The molecule has 2 amide bonds. The highest BCUT2D eigenvalue weighted by Gasteiger charge is 2.30. The molecule has 1 saturated heterocycles. The SMILES string of the molecule is CCCNC(=O)C1CCCN(C(=O)c2sc(-c3cccnc3)nc2C)C1. The highest BCUT2D eigenvalue weighted by atomic mass is 32.1. The lowest BCUT2D eigenvalue weighted by Gasteiger charge is -2.31. The molecule has 1 N–H and O–H groups in total. The van der Waals surface area contributed by atoms with E-state index in [-0.39, 0.29) is 17.7 Å². The Morgan fingerprint density at radius 3 is 3.00 bits per heavy atom. The van der Waals surface area contributed by atoms with Crippen LogP contribution in [0.1, 0.15) is 41.6 Å². The van der Waals surface area contributed by atoms with Crippen LogP contribution in [0.15, 0.2) is 24.5 Å². The van der Waals surface area contributed by atoms with Gasteiger partial charge in [0.2, 0.25) is 5.91 Å². The van der Waals surface area contributed by atoms with Crippen molar-refractivity contribution >= 4 is 23.2 Å². The van der Waals surface area contributed by atoms with Crippen LogP contribution in [0.4, 0.5) is 0 Å². The van der Waals surface area contributed by atoms with E-state index in [2.05, 4.69) is 15.3 Å². The molecule has 26 heavy (non-hydrogen) atoms. The minimum Gasteiger partial charge on any atom is -0.356 e. The molecular weight excluding hydrogens is 348 g/mol. The normalized spacial score (nSPS) is 17.2. The zero-order chi connectivity index (χ0) is 18.5. The predicted octanol–water partition coefficient (Wildman–Crippen LogP) is 2.89. The molecule has 1 aliphatic rings. The van der Waals surface area contributed by atoms with E-state index in [0.29, 0.717) is 24.5 Å².